The van der Waals surface area contributed by atoms with Gasteiger partial charge in [0.15, 0.2) is 0 Å². The van der Waals surface area contributed by atoms with Gasteiger partial charge in [0.2, 0.25) is 0 Å². The number of aliphatic carboxylic acids is 1. The van der Waals surface area contributed by atoms with Crippen LogP contribution in [-0.2, 0) is 9.53 Å². The van der Waals surface area contributed by atoms with Gasteiger partial charge in [-0.2, -0.15) is 5.10 Å². The lowest BCUT2D eigenvalue weighted by molar-refractivity contribution is -0.137. The Hall–Kier alpha value is -2.41. The zero-order chi connectivity index (χ0) is 19.2. The fraction of sp³-hybridized carbons (Fsp3) is 0.550. The molecule has 7 nitrogen and oxygen atoms in total. The Labute approximate surface area is 159 Å². The van der Waals surface area contributed by atoms with Crippen LogP contribution in [0.25, 0.3) is 0 Å². The second kappa shape index (κ2) is 8.99. The number of fused-ring (bicyclic) bond motifs is 1. The third-order valence-electron chi connectivity index (χ3n) is 5.09. The predicted octanol–water partition coefficient (Wildman–Crippen LogP) is 3.33. The quantitative estimate of drug-likeness (QED) is 0.743. The number of carbonyl (C=O) groups excluding carboxylic acids is 1. The SMILES string of the molecule is CCOCCN1C(=O)N(CC(=O)O)N=C(C2CCCCC2)c2ccccc21. The van der Waals surface area contributed by atoms with E-state index >= 15 is 0 Å². The van der Waals surface area contributed by atoms with Crippen molar-refractivity contribution in [3.05, 3.63) is 29.8 Å². The molecule has 1 heterocycles. The van der Waals surface area contributed by atoms with Gasteiger partial charge in [0.05, 0.1) is 24.6 Å². The van der Waals surface area contributed by atoms with Crippen LogP contribution in [0.2, 0.25) is 0 Å². The van der Waals surface area contributed by atoms with Crippen molar-refractivity contribution < 1.29 is 19.4 Å². The maximum absolute atomic E-state index is 13.1. The first kappa shape index (κ1) is 19.4. The molecule has 27 heavy (non-hydrogen) atoms. The van der Waals surface area contributed by atoms with E-state index in [2.05, 4.69) is 5.10 Å². The Morgan fingerprint density at radius 2 is 2.00 bits per heavy atom. The summed E-state index contributed by atoms with van der Waals surface area (Å²) in [7, 11) is 0. The average Bonchev–Trinajstić information content (AvgIpc) is 2.79. The van der Waals surface area contributed by atoms with E-state index in [0.29, 0.717) is 19.8 Å². The van der Waals surface area contributed by atoms with E-state index in [1.54, 1.807) is 4.90 Å². The minimum absolute atomic E-state index is 0.246. The molecule has 2 amide bonds. The summed E-state index contributed by atoms with van der Waals surface area (Å²) in [6.45, 7) is 2.75. The number of para-hydroxylation sites is 1. The molecule has 1 aliphatic heterocycles. The van der Waals surface area contributed by atoms with Crippen molar-refractivity contribution >= 4 is 23.4 Å². The molecule has 1 N–H and O–H groups in total. The van der Waals surface area contributed by atoms with Gasteiger partial charge in [-0.25, -0.2) is 9.80 Å². The number of hydrazone groups is 1. The highest BCUT2D eigenvalue weighted by atomic mass is 16.5. The number of carboxylic acids is 1. The van der Waals surface area contributed by atoms with Gasteiger partial charge in [0, 0.05) is 18.1 Å². The fourth-order valence-corrected chi connectivity index (χ4v) is 3.82. The number of anilines is 1. The molecule has 0 unspecified atom stereocenters. The van der Waals surface area contributed by atoms with E-state index in [-0.39, 0.29) is 5.92 Å². The number of amides is 2. The number of benzene rings is 1. The predicted molar refractivity (Wildman–Crippen MR) is 103 cm³/mol. The van der Waals surface area contributed by atoms with Crippen molar-refractivity contribution in [1.29, 1.82) is 0 Å². The summed E-state index contributed by atoms with van der Waals surface area (Å²) < 4.78 is 5.43. The lowest BCUT2D eigenvalue weighted by Crippen LogP contribution is -2.43. The summed E-state index contributed by atoms with van der Waals surface area (Å²) in [6, 6.07) is 7.30. The van der Waals surface area contributed by atoms with E-state index in [9.17, 15) is 14.7 Å². The van der Waals surface area contributed by atoms with Gasteiger partial charge in [-0.3, -0.25) is 9.69 Å². The molecular formula is C20H27N3O4. The molecule has 0 saturated heterocycles. The molecule has 1 saturated carbocycles. The maximum Gasteiger partial charge on any atom is 0.345 e. The average molecular weight is 373 g/mol. The Morgan fingerprint density at radius 1 is 1.26 bits per heavy atom. The van der Waals surface area contributed by atoms with Crippen LogP contribution < -0.4 is 4.90 Å². The van der Waals surface area contributed by atoms with Gasteiger partial charge in [-0.15, -0.1) is 0 Å². The lowest BCUT2D eigenvalue weighted by atomic mass is 9.83. The van der Waals surface area contributed by atoms with Crippen LogP contribution in [0.5, 0.6) is 0 Å². The molecule has 1 aliphatic carbocycles. The Morgan fingerprint density at radius 3 is 2.70 bits per heavy atom. The number of nitrogens with zero attached hydrogens (tertiary/aromatic N) is 3. The summed E-state index contributed by atoms with van der Waals surface area (Å²) in [4.78, 5) is 26.0. The van der Waals surface area contributed by atoms with E-state index in [0.717, 1.165) is 47.7 Å². The zero-order valence-corrected chi connectivity index (χ0v) is 15.8. The first-order valence-electron chi connectivity index (χ1n) is 9.68. The van der Waals surface area contributed by atoms with Gasteiger partial charge >= 0.3 is 12.0 Å². The smallest absolute Gasteiger partial charge is 0.345 e. The van der Waals surface area contributed by atoms with Crippen LogP contribution in [0.4, 0.5) is 10.5 Å². The van der Waals surface area contributed by atoms with Crippen LogP contribution in [-0.4, -0.2) is 54.1 Å². The zero-order valence-electron chi connectivity index (χ0n) is 15.8. The minimum Gasteiger partial charge on any atom is -0.480 e. The van der Waals surface area contributed by atoms with Gasteiger partial charge in [0.1, 0.15) is 6.54 Å². The van der Waals surface area contributed by atoms with Crippen molar-refractivity contribution in [3.8, 4) is 0 Å². The molecule has 3 rings (SSSR count). The molecule has 0 atom stereocenters. The van der Waals surface area contributed by atoms with Crippen molar-refractivity contribution in [2.45, 2.75) is 39.0 Å². The van der Waals surface area contributed by atoms with E-state index in [4.69, 9.17) is 4.74 Å². The first-order chi connectivity index (χ1) is 13.1. The molecular weight excluding hydrogens is 346 g/mol. The summed E-state index contributed by atoms with van der Waals surface area (Å²) in [6.07, 6.45) is 5.51. The van der Waals surface area contributed by atoms with Gasteiger partial charge in [0.25, 0.3) is 0 Å². The molecule has 2 aliphatic rings. The fourth-order valence-electron chi connectivity index (χ4n) is 3.82. The van der Waals surface area contributed by atoms with Gasteiger partial charge < -0.3 is 9.84 Å². The van der Waals surface area contributed by atoms with Gasteiger partial charge in [-0.05, 0) is 25.8 Å². The largest absolute Gasteiger partial charge is 0.480 e. The second-order valence-corrected chi connectivity index (χ2v) is 6.92. The van der Waals surface area contributed by atoms with E-state index < -0.39 is 18.5 Å². The number of carboxylic acid groups (broad SMARTS) is 1. The molecule has 1 aromatic carbocycles. The highest BCUT2D eigenvalue weighted by Gasteiger charge is 2.33. The van der Waals surface area contributed by atoms with Crippen molar-refractivity contribution in [2.75, 3.05) is 31.2 Å². The number of hydrogen-bond acceptors (Lipinski definition) is 4. The molecule has 146 valence electrons. The monoisotopic (exact) mass is 373 g/mol. The second-order valence-electron chi connectivity index (χ2n) is 6.92. The lowest BCUT2D eigenvalue weighted by Gasteiger charge is -2.26. The summed E-state index contributed by atoms with van der Waals surface area (Å²) in [5.74, 6) is -0.832. The summed E-state index contributed by atoms with van der Waals surface area (Å²) in [5.41, 5.74) is 2.53. The van der Waals surface area contributed by atoms with Crippen molar-refractivity contribution in [3.63, 3.8) is 0 Å². The van der Waals surface area contributed by atoms with Crippen molar-refractivity contribution in [1.82, 2.24) is 5.01 Å². The van der Waals surface area contributed by atoms with Crippen LogP contribution in [0.1, 0.15) is 44.6 Å². The molecule has 0 spiro atoms. The Kier molecular flexibility index (Phi) is 6.45. The van der Waals surface area contributed by atoms with Crippen LogP contribution in [0.3, 0.4) is 0 Å². The molecule has 7 heteroatoms. The third-order valence-corrected chi connectivity index (χ3v) is 5.09. The maximum atomic E-state index is 13.1. The Bertz CT molecular complexity index is 713. The Balaban J connectivity index is 2.02. The van der Waals surface area contributed by atoms with Crippen LogP contribution >= 0.6 is 0 Å². The molecule has 0 aromatic heterocycles. The van der Waals surface area contributed by atoms with Crippen LogP contribution in [0, 0.1) is 5.92 Å². The molecule has 0 radical (unpaired) electrons. The molecule has 1 aromatic rings. The topological polar surface area (TPSA) is 82.4 Å². The van der Waals surface area contributed by atoms with Crippen LogP contribution in [0.15, 0.2) is 29.4 Å². The number of carbonyl (C=O) groups is 2. The number of rotatable bonds is 7. The number of hydrogen-bond donors (Lipinski definition) is 1. The standard InChI is InChI=1S/C20H27N3O4/c1-2-27-13-12-22-17-11-7-6-10-16(17)19(15-8-4-3-5-9-15)21-23(20(22)26)14-18(24)25/h6-7,10-11,15H,2-5,8-9,12-14H2,1H3,(H,24,25). The van der Waals surface area contributed by atoms with Gasteiger partial charge in [-0.1, -0.05) is 37.5 Å². The highest BCUT2D eigenvalue weighted by molar-refractivity contribution is 6.11. The van der Waals surface area contributed by atoms with Crippen molar-refractivity contribution in [2.24, 2.45) is 11.0 Å². The summed E-state index contributed by atoms with van der Waals surface area (Å²) >= 11 is 0. The summed E-state index contributed by atoms with van der Waals surface area (Å²) in [5, 5.41) is 15.0. The molecule has 0 bridgehead atoms. The third kappa shape index (κ3) is 4.47. The van der Waals surface area contributed by atoms with E-state index in [1.807, 2.05) is 31.2 Å². The number of ether oxygens (including phenoxy) is 1. The normalized spacial score (nSPS) is 18.1. The highest BCUT2D eigenvalue weighted by Crippen LogP contribution is 2.33. The molecule has 1 fully saturated rings. The first-order valence-corrected chi connectivity index (χ1v) is 9.68. The van der Waals surface area contributed by atoms with E-state index in [1.165, 1.54) is 6.42 Å². The number of urea groups is 1. The minimum atomic E-state index is -1.08.